The van der Waals surface area contributed by atoms with Crippen LogP contribution in [0, 0.1) is 0 Å². The fourth-order valence-corrected chi connectivity index (χ4v) is 2.24. The van der Waals surface area contributed by atoms with Crippen LogP contribution >= 0.6 is 0 Å². The quantitative estimate of drug-likeness (QED) is 0.794. The second-order valence-electron chi connectivity index (χ2n) is 5.08. The molecule has 0 unspecified atom stereocenters. The first-order valence-electron chi connectivity index (χ1n) is 6.49. The Bertz CT molecular complexity index is 393. The molecule has 0 radical (unpaired) electrons. The van der Waals surface area contributed by atoms with Crippen molar-refractivity contribution in [1.29, 1.82) is 0 Å². The van der Waals surface area contributed by atoms with Gasteiger partial charge in [-0.15, -0.1) is 0 Å². The van der Waals surface area contributed by atoms with Crippen LogP contribution in [0.5, 0.6) is 0 Å². The van der Waals surface area contributed by atoms with Crippen molar-refractivity contribution in [2.75, 3.05) is 19.6 Å². The van der Waals surface area contributed by atoms with Crippen molar-refractivity contribution in [3.8, 4) is 0 Å². The minimum Gasteiger partial charge on any atom is -0.357 e. The Balaban J connectivity index is 1.69. The molecule has 1 aromatic rings. The summed E-state index contributed by atoms with van der Waals surface area (Å²) in [5.74, 6) is 0.0920. The molecule has 5 nitrogen and oxygen atoms in total. The number of aromatic nitrogens is 1. The summed E-state index contributed by atoms with van der Waals surface area (Å²) in [4.78, 5) is 14.0. The predicted molar refractivity (Wildman–Crippen MR) is 70.9 cm³/mol. The molecule has 0 aliphatic carbocycles. The largest absolute Gasteiger partial charge is 0.357 e. The molecule has 1 saturated heterocycles. The number of carbonyl (C=O) groups is 1. The maximum absolute atomic E-state index is 11.8. The van der Waals surface area contributed by atoms with Crippen molar-refractivity contribution in [2.24, 2.45) is 12.8 Å². The summed E-state index contributed by atoms with van der Waals surface area (Å²) in [5.41, 5.74) is 6.97. The molecule has 0 atom stereocenters. The van der Waals surface area contributed by atoms with Gasteiger partial charge in [-0.1, -0.05) is 0 Å². The molecule has 1 aliphatic heterocycles. The van der Waals surface area contributed by atoms with Gasteiger partial charge in [0.1, 0.15) is 0 Å². The van der Waals surface area contributed by atoms with E-state index < -0.39 is 0 Å². The van der Waals surface area contributed by atoms with Gasteiger partial charge >= 0.3 is 0 Å². The van der Waals surface area contributed by atoms with Crippen LogP contribution in [0.25, 0.3) is 0 Å². The van der Waals surface area contributed by atoms with Crippen molar-refractivity contribution in [3.63, 3.8) is 0 Å². The van der Waals surface area contributed by atoms with Gasteiger partial charge in [-0.2, -0.15) is 0 Å². The fraction of sp³-hybridized carbons (Fsp3) is 0.615. The van der Waals surface area contributed by atoms with Gasteiger partial charge in [0.05, 0.1) is 6.54 Å². The molecule has 0 bridgehead atoms. The van der Waals surface area contributed by atoms with Crippen LogP contribution in [-0.4, -0.2) is 41.1 Å². The van der Waals surface area contributed by atoms with E-state index in [2.05, 4.69) is 10.2 Å². The number of nitrogens with one attached hydrogen (secondary N) is 1. The fourth-order valence-electron chi connectivity index (χ4n) is 2.24. The molecule has 18 heavy (non-hydrogen) atoms. The zero-order chi connectivity index (χ0) is 13.0. The van der Waals surface area contributed by atoms with Gasteiger partial charge in [0.15, 0.2) is 0 Å². The number of hydrogen-bond acceptors (Lipinski definition) is 3. The summed E-state index contributed by atoms with van der Waals surface area (Å²) < 4.78 is 1.98. The minimum absolute atomic E-state index is 0.0920. The van der Waals surface area contributed by atoms with Crippen LogP contribution in [0.2, 0.25) is 0 Å². The average molecular weight is 250 g/mol. The Kier molecular flexibility index (Phi) is 4.38. The van der Waals surface area contributed by atoms with Crippen LogP contribution in [0.3, 0.4) is 0 Å². The number of hydrogen-bond donors (Lipinski definition) is 2. The number of likely N-dealkylation sites (tertiary alicyclic amines) is 1. The second kappa shape index (κ2) is 6.02. The van der Waals surface area contributed by atoms with E-state index in [1.54, 1.807) is 0 Å². The SMILES string of the molecule is Cn1ccc(CNC(=O)CN2CCC(N)CC2)c1. The van der Waals surface area contributed by atoms with Gasteiger partial charge in [0.2, 0.25) is 5.91 Å². The lowest BCUT2D eigenvalue weighted by Crippen LogP contribution is -2.44. The van der Waals surface area contributed by atoms with Crippen molar-refractivity contribution in [2.45, 2.75) is 25.4 Å². The highest BCUT2D eigenvalue weighted by Crippen LogP contribution is 2.07. The maximum Gasteiger partial charge on any atom is 0.234 e. The summed E-state index contributed by atoms with van der Waals surface area (Å²) in [6.07, 6.45) is 5.98. The van der Waals surface area contributed by atoms with E-state index in [4.69, 9.17) is 5.73 Å². The van der Waals surface area contributed by atoms with E-state index in [-0.39, 0.29) is 5.91 Å². The molecule has 0 aromatic carbocycles. The van der Waals surface area contributed by atoms with Gasteiger partial charge in [0, 0.05) is 45.1 Å². The predicted octanol–water partition coefficient (Wildman–Crippen LogP) is 0.0644. The Hall–Kier alpha value is -1.33. The first-order valence-corrected chi connectivity index (χ1v) is 6.49. The van der Waals surface area contributed by atoms with E-state index in [9.17, 15) is 4.79 Å². The third kappa shape index (κ3) is 3.85. The number of piperidine rings is 1. The second-order valence-corrected chi connectivity index (χ2v) is 5.08. The number of aryl methyl sites for hydroxylation is 1. The summed E-state index contributed by atoms with van der Waals surface area (Å²) in [7, 11) is 1.97. The molecule has 0 saturated carbocycles. The lowest BCUT2D eigenvalue weighted by molar-refractivity contribution is -0.122. The number of nitrogens with zero attached hydrogens (tertiary/aromatic N) is 2. The summed E-state index contributed by atoms with van der Waals surface area (Å²) in [6, 6.07) is 2.33. The van der Waals surface area contributed by atoms with Gasteiger partial charge in [-0.05, 0) is 24.5 Å². The lowest BCUT2D eigenvalue weighted by Gasteiger charge is -2.29. The first kappa shape index (κ1) is 13.1. The third-order valence-electron chi connectivity index (χ3n) is 3.38. The molecule has 100 valence electrons. The van der Waals surface area contributed by atoms with Crippen LogP contribution in [0.15, 0.2) is 18.5 Å². The first-order chi connectivity index (χ1) is 8.63. The molecule has 2 rings (SSSR count). The Morgan fingerprint density at radius 1 is 1.50 bits per heavy atom. The summed E-state index contributed by atoms with van der Waals surface area (Å²) in [6.45, 7) is 2.95. The average Bonchev–Trinajstić information content (AvgIpc) is 2.76. The standard InChI is InChI=1S/C13H22N4O/c1-16-5-2-11(9-16)8-15-13(18)10-17-6-3-12(14)4-7-17/h2,5,9,12H,3-4,6-8,10,14H2,1H3,(H,15,18). The highest BCUT2D eigenvalue weighted by Gasteiger charge is 2.17. The highest BCUT2D eigenvalue weighted by atomic mass is 16.2. The lowest BCUT2D eigenvalue weighted by atomic mass is 10.1. The molecule has 0 spiro atoms. The number of nitrogens with two attached hydrogens (primary N) is 1. The Morgan fingerprint density at radius 2 is 2.22 bits per heavy atom. The van der Waals surface area contributed by atoms with Crippen molar-refractivity contribution in [1.82, 2.24) is 14.8 Å². The maximum atomic E-state index is 11.8. The molecule has 1 aromatic heterocycles. The normalized spacial score (nSPS) is 17.9. The number of carbonyl (C=O) groups excluding carboxylic acids is 1. The number of rotatable bonds is 4. The van der Waals surface area contributed by atoms with Gasteiger partial charge < -0.3 is 15.6 Å². The van der Waals surface area contributed by atoms with E-state index >= 15 is 0 Å². The van der Waals surface area contributed by atoms with E-state index in [1.165, 1.54) is 0 Å². The minimum atomic E-state index is 0.0920. The topological polar surface area (TPSA) is 63.3 Å². The number of amides is 1. The summed E-state index contributed by atoms with van der Waals surface area (Å²) >= 11 is 0. The van der Waals surface area contributed by atoms with Gasteiger partial charge in [-0.25, -0.2) is 0 Å². The van der Waals surface area contributed by atoms with E-state index in [1.807, 2.05) is 30.1 Å². The Morgan fingerprint density at radius 3 is 2.83 bits per heavy atom. The third-order valence-corrected chi connectivity index (χ3v) is 3.38. The van der Waals surface area contributed by atoms with Crippen LogP contribution in [-0.2, 0) is 18.4 Å². The van der Waals surface area contributed by atoms with Crippen molar-refractivity contribution < 1.29 is 4.79 Å². The molecule has 1 aliphatic rings. The monoisotopic (exact) mass is 250 g/mol. The zero-order valence-electron chi connectivity index (χ0n) is 10.9. The molecule has 2 heterocycles. The van der Waals surface area contributed by atoms with Gasteiger partial charge in [0.25, 0.3) is 0 Å². The zero-order valence-corrected chi connectivity index (χ0v) is 10.9. The van der Waals surface area contributed by atoms with Crippen molar-refractivity contribution >= 4 is 5.91 Å². The van der Waals surface area contributed by atoms with Crippen LogP contribution in [0.1, 0.15) is 18.4 Å². The molecule has 1 amide bonds. The molecular formula is C13H22N4O. The van der Waals surface area contributed by atoms with Crippen LogP contribution in [0.4, 0.5) is 0 Å². The van der Waals surface area contributed by atoms with Crippen molar-refractivity contribution in [3.05, 3.63) is 24.0 Å². The molecule has 3 N–H and O–H groups in total. The summed E-state index contributed by atoms with van der Waals surface area (Å²) in [5, 5.41) is 2.95. The van der Waals surface area contributed by atoms with E-state index in [0.29, 0.717) is 19.1 Å². The molecular weight excluding hydrogens is 228 g/mol. The van der Waals surface area contributed by atoms with Gasteiger partial charge in [-0.3, -0.25) is 9.69 Å². The molecule has 5 heteroatoms. The van der Waals surface area contributed by atoms with E-state index in [0.717, 1.165) is 31.5 Å². The molecule has 1 fully saturated rings. The van der Waals surface area contributed by atoms with Crippen LogP contribution < -0.4 is 11.1 Å². The highest BCUT2D eigenvalue weighted by molar-refractivity contribution is 5.78. The Labute approximate surface area is 108 Å². The smallest absolute Gasteiger partial charge is 0.234 e.